The molecule has 0 radical (unpaired) electrons. The van der Waals surface area contributed by atoms with E-state index in [1.165, 1.54) is 4.90 Å². The van der Waals surface area contributed by atoms with Crippen LogP contribution in [0.5, 0.6) is 0 Å². The van der Waals surface area contributed by atoms with Gasteiger partial charge in [-0.25, -0.2) is 4.79 Å². The molecule has 0 bridgehead atoms. The van der Waals surface area contributed by atoms with Gasteiger partial charge in [0.1, 0.15) is 5.54 Å². The van der Waals surface area contributed by atoms with E-state index in [0.29, 0.717) is 19.1 Å². The number of imide groups is 1. The molecule has 0 aromatic heterocycles. The minimum Gasteiger partial charge on any atom is -0.329 e. The van der Waals surface area contributed by atoms with Crippen molar-refractivity contribution in [1.82, 2.24) is 15.1 Å². The van der Waals surface area contributed by atoms with Crippen LogP contribution < -0.4 is 11.1 Å². The number of nitrogens with one attached hydrogen (secondary N) is 1. The maximum absolute atomic E-state index is 12.0. The number of carbonyl (C=O) groups excluding carboxylic acids is 2. The number of hydrogen-bond acceptors (Lipinski definition) is 4. The Hall–Kier alpha value is -1.14. The summed E-state index contributed by atoms with van der Waals surface area (Å²) in [6.07, 6.45) is 2.26. The molecule has 3 N–H and O–H groups in total. The average molecular weight is 254 g/mol. The zero-order valence-electron chi connectivity index (χ0n) is 11.1. The van der Waals surface area contributed by atoms with Gasteiger partial charge in [-0.2, -0.15) is 0 Å². The third kappa shape index (κ3) is 2.35. The zero-order valence-corrected chi connectivity index (χ0v) is 11.1. The summed E-state index contributed by atoms with van der Waals surface area (Å²) in [5, 5.41) is 2.69. The standard InChI is InChI=1S/C12H22N4O2/c1-12(2)10(17)16(11(18)14-12)7-6-15-5-3-4-9(15)8-13/h9H,3-8,13H2,1-2H3,(H,14,18). The summed E-state index contributed by atoms with van der Waals surface area (Å²) in [5.41, 5.74) is 4.94. The van der Waals surface area contributed by atoms with Crippen LogP contribution in [0.1, 0.15) is 26.7 Å². The highest BCUT2D eigenvalue weighted by atomic mass is 16.2. The molecule has 0 aromatic carbocycles. The summed E-state index contributed by atoms with van der Waals surface area (Å²) in [7, 11) is 0. The Morgan fingerprint density at radius 1 is 1.39 bits per heavy atom. The summed E-state index contributed by atoms with van der Waals surface area (Å²) in [4.78, 5) is 27.3. The molecule has 0 aliphatic carbocycles. The molecule has 2 aliphatic rings. The van der Waals surface area contributed by atoms with E-state index < -0.39 is 5.54 Å². The van der Waals surface area contributed by atoms with E-state index in [1.54, 1.807) is 13.8 Å². The molecular formula is C12H22N4O2. The van der Waals surface area contributed by atoms with E-state index >= 15 is 0 Å². The van der Waals surface area contributed by atoms with Gasteiger partial charge in [-0.3, -0.25) is 14.6 Å². The number of amides is 3. The molecule has 0 saturated carbocycles. The summed E-state index contributed by atoms with van der Waals surface area (Å²) < 4.78 is 0. The van der Waals surface area contributed by atoms with Gasteiger partial charge in [-0.05, 0) is 33.2 Å². The molecule has 2 fully saturated rings. The van der Waals surface area contributed by atoms with Gasteiger partial charge in [0.2, 0.25) is 0 Å². The normalized spacial score (nSPS) is 27.9. The molecule has 6 nitrogen and oxygen atoms in total. The Morgan fingerprint density at radius 2 is 2.11 bits per heavy atom. The average Bonchev–Trinajstić information content (AvgIpc) is 2.82. The first-order valence-electron chi connectivity index (χ1n) is 6.54. The lowest BCUT2D eigenvalue weighted by molar-refractivity contribution is -0.130. The van der Waals surface area contributed by atoms with Crippen LogP contribution in [0.3, 0.4) is 0 Å². The van der Waals surface area contributed by atoms with Gasteiger partial charge in [-0.1, -0.05) is 0 Å². The van der Waals surface area contributed by atoms with Gasteiger partial charge < -0.3 is 11.1 Å². The van der Waals surface area contributed by atoms with Crippen LogP contribution in [0.4, 0.5) is 4.79 Å². The first-order valence-corrected chi connectivity index (χ1v) is 6.54. The van der Waals surface area contributed by atoms with E-state index in [2.05, 4.69) is 10.2 Å². The van der Waals surface area contributed by atoms with Crippen molar-refractivity contribution in [2.24, 2.45) is 5.73 Å². The van der Waals surface area contributed by atoms with Crippen LogP contribution in [0.2, 0.25) is 0 Å². The van der Waals surface area contributed by atoms with E-state index in [-0.39, 0.29) is 11.9 Å². The Labute approximate surface area is 107 Å². The van der Waals surface area contributed by atoms with Crippen molar-refractivity contribution in [2.75, 3.05) is 26.2 Å². The Kier molecular flexibility index (Phi) is 3.59. The molecule has 102 valence electrons. The smallest absolute Gasteiger partial charge is 0.325 e. The predicted molar refractivity (Wildman–Crippen MR) is 68.0 cm³/mol. The fourth-order valence-corrected chi connectivity index (χ4v) is 2.71. The lowest BCUT2D eigenvalue weighted by atomic mass is 10.1. The number of urea groups is 1. The Morgan fingerprint density at radius 3 is 2.67 bits per heavy atom. The van der Waals surface area contributed by atoms with E-state index in [0.717, 1.165) is 25.9 Å². The Bertz CT molecular complexity index is 356. The van der Waals surface area contributed by atoms with Gasteiger partial charge in [0.25, 0.3) is 5.91 Å². The van der Waals surface area contributed by atoms with Crippen molar-refractivity contribution in [3.63, 3.8) is 0 Å². The van der Waals surface area contributed by atoms with Gasteiger partial charge in [0, 0.05) is 25.7 Å². The summed E-state index contributed by atoms with van der Waals surface area (Å²) in [6.45, 7) is 6.28. The van der Waals surface area contributed by atoms with Crippen LogP contribution in [0, 0.1) is 0 Å². The molecule has 1 unspecified atom stereocenters. The first kappa shape index (κ1) is 13.3. The minimum atomic E-state index is -0.768. The minimum absolute atomic E-state index is 0.143. The number of nitrogens with two attached hydrogens (primary N) is 1. The molecule has 6 heteroatoms. The molecule has 2 aliphatic heterocycles. The van der Waals surface area contributed by atoms with Gasteiger partial charge >= 0.3 is 6.03 Å². The third-order valence-corrected chi connectivity index (χ3v) is 3.83. The summed E-state index contributed by atoms with van der Waals surface area (Å²) >= 11 is 0. The van der Waals surface area contributed by atoms with Crippen molar-refractivity contribution >= 4 is 11.9 Å². The van der Waals surface area contributed by atoms with E-state index in [4.69, 9.17) is 5.73 Å². The van der Waals surface area contributed by atoms with Crippen LogP contribution >= 0.6 is 0 Å². The highest BCUT2D eigenvalue weighted by Crippen LogP contribution is 2.19. The van der Waals surface area contributed by atoms with Crippen molar-refractivity contribution < 1.29 is 9.59 Å². The maximum Gasteiger partial charge on any atom is 0.325 e. The van der Waals surface area contributed by atoms with E-state index in [9.17, 15) is 9.59 Å². The zero-order chi connectivity index (χ0) is 13.3. The highest BCUT2D eigenvalue weighted by molar-refractivity contribution is 6.06. The topological polar surface area (TPSA) is 78.7 Å². The lowest BCUT2D eigenvalue weighted by Crippen LogP contribution is -2.44. The summed E-state index contributed by atoms with van der Waals surface area (Å²) in [5.74, 6) is -0.143. The predicted octanol–water partition coefficient (Wildman–Crippen LogP) is -0.260. The fraction of sp³-hybridized carbons (Fsp3) is 0.833. The van der Waals surface area contributed by atoms with Gasteiger partial charge in [-0.15, -0.1) is 0 Å². The van der Waals surface area contributed by atoms with Crippen LogP contribution in [0.25, 0.3) is 0 Å². The molecule has 0 aromatic rings. The summed E-state index contributed by atoms with van der Waals surface area (Å²) in [6, 6.07) is 0.118. The van der Waals surface area contributed by atoms with Gasteiger partial charge in [0.05, 0.1) is 0 Å². The Balaban J connectivity index is 1.91. The third-order valence-electron chi connectivity index (χ3n) is 3.83. The molecule has 2 rings (SSSR count). The van der Waals surface area contributed by atoms with Crippen LogP contribution in [-0.2, 0) is 4.79 Å². The lowest BCUT2D eigenvalue weighted by Gasteiger charge is -2.25. The number of carbonyl (C=O) groups is 2. The molecule has 1 atom stereocenters. The van der Waals surface area contributed by atoms with Gasteiger partial charge in [0.15, 0.2) is 0 Å². The van der Waals surface area contributed by atoms with Crippen molar-refractivity contribution in [3.05, 3.63) is 0 Å². The largest absolute Gasteiger partial charge is 0.329 e. The van der Waals surface area contributed by atoms with Crippen LogP contribution in [0.15, 0.2) is 0 Å². The maximum atomic E-state index is 12.0. The van der Waals surface area contributed by atoms with Crippen LogP contribution in [-0.4, -0.2) is 59.5 Å². The number of hydrogen-bond donors (Lipinski definition) is 2. The molecular weight excluding hydrogens is 232 g/mol. The highest BCUT2D eigenvalue weighted by Gasteiger charge is 2.44. The monoisotopic (exact) mass is 254 g/mol. The second kappa shape index (κ2) is 4.85. The number of nitrogens with zero attached hydrogens (tertiary/aromatic N) is 2. The molecule has 2 saturated heterocycles. The quantitative estimate of drug-likeness (QED) is 0.678. The van der Waals surface area contributed by atoms with Crippen molar-refractivity contribution in [1.29, 1.82) is 0 Å². The first-order chi connectivity index (χ1) is 8.45. The van der Waals surface area contributed by atoms with Crippen molar-refractivity contribution in [3.8, 4) is 0 Å². The molecule has 18 heavy (non-hydrogen) atoms. The fourth-order valence-electron chi connectivity index (χ4n) is 2.71. The second-order valence-corrected chi connectivity index (χ2v) is 5.58. The second-order valence-electron chi connectivity index (χ2n) is 5.58. The number of likely N-dealkylation sites (tertiary alicyclic amines) is 1. The molecule has 3 amide bonds. The molecule has 2 heterocycles. The SMILES string of the molecule is CC1(C)NC(=O)N(CCN2CCCC2CN)C1=O. The van der Waals surface area contributed by atoms with E-state index in [1.807, 2.05) is 0 Å². The molecule has 0 spiro atoms. The van der Waals surface area contributed by atoms with Crippen molar-refractivity contribution in [2.45, 2.75) is 38.3 Å². The number of rotatable bonds is 4.